The standard InChI is InChI=1S/C20H26ClN5O2/c21-19-18(23-11-15-3-2-10-28-14-15)13-24-26(20(19)27)16-5-8-25(9-6-16)17-4-1-7-22-12-17/h1,4,7,12-13,15-16,23H,2-3,5-6,8-11,14H2. The summed E-state index contributed by atoms with van der Waals surface area (Å²) in [5.74, 6) is 0.448. The summed E-state index contributed by atoms with van der Waals surface area (Å²) >= 11 is 6.37. The number of ether oxygens (including phenoxy) is 1. The van der Waals surface area contributed by atoms with Gasteiger partial charge in [0.2, 0.25) is 0 Å². The molecule has 1 unspecified atom stereocenters. The number of rotatable bonds is 5. The third-order valence-electron chi connectivity index (χ3n) is 5.60. The molecular weight excluding hydrogens is 378 g/mol. The molecule has 0 saturated carbocycles. The number of nitrogens with one attached hydrogen (secondary N) is 1. The summed E-state index contributed by atoms with van der Waals surface area (Å²) in [7, 11) is 0. The van der Waals surface area contributed by atoms with Crippen molar-refractivity contribution in [3.05, 3.63) is 46.1 Å². The van der Waals surface area contributed by atoms with E-state index in [-0.39, 0.29) is 16.6 Å². The van der Waals surface area contributed by atoms with Gasteiger partial charge in [-0.1, -0.05) is 11.6 Å². The summed E-state index contributed by atoms with van der Waals surface area (Å²) in [4.78, 5) is 19.2. The fourth-order valence-electron chi connectivity index (χ4n) is 3.96. The first-order chi connectivity index (χ1) is 13.7. The lowest BCUT2D eigenvalue weighted by Gasteiger charge is -2.33. The van der Waals surface area contributed by atoms with Gasteiger partial charge >= 0.3 is 0 Å². The van der Waals surface area contributed by atoms with E-state index in [1.54, 1.807) is 17.1 Å². The van der Waals surface area contributed by atoms with Crippen LogP contribution in [0.1, 0.15) is 31.7 Å². The Balaban J connectivity index is 1.39. The Bertz CT molecular complexity index is 830. The van der Waals surface area contributed by atoms with Crippen molar-refractivity contribution in [3.8, 4) is 0 Å². The summed E-state index contributed by atoms with van der Waals surface area (Å²) < 4.78 is 7.05. The van der Waals surface area contributed by atoms with E-state index in [0.29, 0.717) is 11.6 Å². The molecule has 1 atom stereocenters. The predicted octanol–water partition coefficient (Wildman–Crippen LogP) is 2.97. The monoisotopic (exact) mass is 403 g/mol. The van der Waals surface area contributed by atoms with Gasteiger partial charge in [0.05, 0.1) is 36.4 Å². The van der Waals surface area contributed by atoms with Crippen LogP contribution in [-0.4, -0.2) is 47.6 Å². The van der Waals surface area contributed by atoms with E-state index in [4.69, 9.17) is 16.3 Å². The molecule has 2 fully saturated rings. The minimum absolute atomic E-state index is 0.0683. The average molecular weight is 404 g/mol. The zero-order valence-corrected chi connectivity index (χ0v) is 16.6. The van der Waals surface area contributed by atoms with Gasteiger partial charge in [0.15, 0.2) is 0 Å². The smallest absolute Gasteiger partial charge is 0.287 e. The lowest BCUT2D eigenvalue weighted by atomic mass is 10.0. The summed E-state index contributed by atoms with van der Waals surface area (Å²) in [5.41, 5.74) is 1.51. The molecule has 2 aromatic rings. The van der Waals surface area contributed by atoms with Crippen molar-refractivity contribution in [1.29, 1.82) is 0 Å². The Hall–Kier alpha value is -2.12. The van der Waals surface area contributed by atoms with Gasteiger partial charge in [0.1, 0.15) is 5.02 Å². The van der Waals surface area contributed by atoms with Gasteiger partial charge in [-0.25, -0.2) is 4.68 Å². The van der Waals surface area contributed by atoms with Crippen LogP contribution < -0.4 is 15.8 Å². The quantitative estimate of drug-likeness (QED) is 0.827. The van der Waals surface area contributed by atoms with Gasteiger partial charge in [0, 0.05) is 32.4 Å². The van der Waals surface area contributed by atoms with E-state index < -0.39 is 0 Å². The van der Waals surface area contributed by atoms with Crippen LogP contribution in [0, 0.1) is 5.92 Å². The molecule has 2 saturated heterocycles. The molecule has 0 amide bonds. The molecule has 1 N–H and O–H groups in total. The van der Waals surface area contributed by atoms with Gasteiger partial charge in [0.25, 0.3) is 5.56 Å². The molecule has 2 aliphatic rings. The molecular formula is C20H26ClN5O2. The highest BCUT2D eigenvalue weighted by Crippen LogP contribution is 2.26. The number of nitrogens with zero attached hydrogens (tertiary/aromatic N) is 4. The third-order valence-corrected chi connectivity index (χ3v) is 5.97. The predicted molar refractivity (Wildman–Crippen MR) is 110 cm³/mol. The highest BCUT2D eigenvalue weighted by atomic mass is 35.5. The van der Waals surface area contributed by atoms with Crippen LogP contribution in [0.25, 0.3) is 0 Å². The number of hydrogen-bond acceptors (Lipinski definition) is 6. The van der Waals surface area contributed by atoms with E-state index in [9.17, 15) is 4.79 Å². The van der Waals surface area contributed by atoms with Crippen molar-refractivity contribution in [2.75, 3.05) is 43.1 Å². The number of anilines is 2. The summed E-state index contributed by atoms with van der Waals surface area (Å²) in [6.07, 6.45) is 9.25. The number of halogens is 1. The fourth-order valence-corrected chi connectivity index (χ4v) is 4.16. The Morgan fingerprint density at radius 1 is 1.25 bits per heavy atom. The fraction of sp³-hybridized carbons (Fsp3) is 0.550. The molecule has 8 heteroatoms. The SMILES string of the molecule is O=c1c(Cl)c(NCC2CCCOC2)cnn1C1CCN(c2cccnc2)CC1. The van der Waals surface area contributed by atoms with Crippen molar-refractivity contribution in [3.63, 3.8) is 0 Å². The number of hydrogen-bond donors (Lipinski definition) is 1. The van der Waals surface area contributed by atoms with E-state index in [0.717, 1.165) is 64.2 Å². The molecule has 0 bridgehead atoms. The molecule has 2 aromatic heterocycles. The normalized spacial score (nSPS) is 20.9. The lowest BCUT2D eigenvalue weighted by molar-refractivity contribution is 0.0595. The Labute approximate surface area is 169 Å². The van der Waals surface area contributed by atoms with E-state index in [1.807, 2.05) is 12.3 Å². The minimum Gasteiger partial charge on any atom is -0.382 e. The molecule has 4 heterocycles. The Morgan fingerprint density at radius 2 is 2.11 bits per heavy atom. The first-order valence-electron chi connectivity index (χ1n) is 9.96. The second-order valence-corrected chi connectivity index (χ2v) is 7.89. The van der Waals surface area contributed by atoms with Crippen LogP contribution in [0.2, 0.25) is 5.02 Å². The first-order valence-corrected chi connectivity index (χ1v) is 10.3. The van der Waals surface area contributed by atoms with E-state index in [1.165, 1.54) is 0 Å². The van der Waals surface area contributed by atoms with Crippen molar-refractivity contribution in [1.82, 2.24) is 14.8 Å². The molecule has 150 valence electrons. The zero-order chi connectivity index (χ0) is 19.3. The first kappa shape index (κ1) is 19.2. The minimum atomic E-state index is -0.216. The molecule has 4 rings (SSSR count). The summed E-state index contributed by atoms with van der Waals surface area (Å²) in [5, 5.41) is 7.92. The molecule has 0 spiro atoms. The van der Waals surface area contributed by atoms with Crippen molar-refractivity contribution in [2.45, 2.75) is 31.7 Å². The number of piperidine rings is 1. The Kier molecular flexibility index (Phi) is 6.12. The van der Waals surface area contributed by atoms with Crippen LogP contribution in [-0.2, 0) is 4.74 Å². The van der Waals surface area contributed by atoms with Crippen LogP contribution in [0.4, 0.5) is 11.4 Å². The molecule has 2 aliphatic heterocycles. The third kappa shape index (κ3) is 4.31. The van der Waals surface area contributed by atoms with Crippen molar-refractivity contribution in [2.24, 2.45) is 5.92 Å². The van der Waals surface area contributed by atoms with Crippen LogP contribution >= 0.6 is 11.6 Å². The maximum absolute atomic E-state index is 12.8. The second kappa shape index (κ2) is 8.92. The summed E-state index contributed by atoms with van der Waals surface area (Å²) in [6.45, 7) is 4.07. The molecule has 0 aliphatic carbocycles. The van der Waals surface area contributed by atoms with Gasteiger partial charge in [-0.2, -0.15) is 5.10 Å². The van der Waals surface area contributed by atoms with Gasteiger partial charge < -0.3 is 15.0 Å². The molecule has 28 heavy (non-hydrogen) atoms. The number of aromatic nitrogens is 3. The zero-order valence-electron chi connectivity index (χ0n) is 15.9. The second-order valence-electron chi connectivity index (χ2n) is 7.52. The topological polar surface area (TPSA) is 72.3 Å². The van der Waals surface area contributed by atoms with E-state index >= 15 is 0 Å². The highest BCUT2D eigenvalue weighted by molar-refractivity contribution is 6.32. The lowest BCUT2D eigenvalue weighted by Crippen LogP contribution is -2.38. The van der Waals surface area contributed by atoms with Crippen LogP contribution in [0.3, 0.4) is 0 Å². The van der Waals surface area contributed by atoms with Gasteiger partial charge in [-0.3, -0.25) is 9.78 Å². The number of pyridine rings is 1. The maximum Gasteiger partial charge on any atom is 0.287 e. The highest BCUT2D eigenvalue weighted by Gasteiger charge is 2.24. The van der Waals surface area contributed by atoms with Gasteiger partial charge in [-0.15, -0.1) is 0 Å². The maximum atomic E-state index is 12.8. The van der Waals surface area contributed by atoms with Gasteiger partial charge in [-0.05, 0) is 43.7 Å². The largest absolute Gasteiger partial charge is 0.382 e. The van der Waals surface area contributed by atoms with Crippen molar-refractivity contribution < 1.29 is 4.74 Å². The Morgan fingerprint density at radius 3 is 2.82 bits per heavy atom. The average Bonchev–Trinajstić information content (AvgIpc) is 2.76. The van der Waals surface area contributed by atoms with Crippen LogP contribution in [0.15, 0.2) is 35.5 Å². The molecule has 0 radical (unpaired) electrons. The van der Waals surface area contributed by atoms with E-state index in [2.05, 4.69) is 26.4 Å². The molecule has 0 aromatic carbocycles. The van der Waals surface area contributed by atoms with Crippen molar-refractivity contribution >= 4 is 23.0 Å². The van der Waals surface area contributed by atoms with Crippen LogP contribution in [0.5, 0.6) is 0 Å². The molecule has 7 nitrogen and oxygen atoms in total. The summed E-state index contributed by atoms with van der Waals surface area (Å²) in [6, 6.07) is 4.07.